The highest BCUT2D eigenvalue weighted by atomic mass is 32.2. The maximum absolute atomic E-state index is 12.1. The number of hydrogen-bond acceptors (Lipinski definition) is 6. The van der Waals surface area contributed by atoms with Crippen molar-refractivity contribution in [1.82, 2.24) is 4.98 Å². The summed E-state index contributed by atoms with van der Waals surface area (Å²) >= 11 is 1.13. The fourth-order valence-electron chi connectivity index (χ4n) is 2.60. The van der Waals surface area contributed by atoms with Crippen molar-refractivity contribution in [2.75, 3.05) is 7.11 Å². The van der Waals surface area contributed by atoms with Gasteiger partial charge in [0.2, 0.25) is 11.0 Å². The van der Waals surface area contributed by atoms with Crippen molar-refractivity contribution in [2.24, 2.45) is 15.2 Å². The number of carbonyl (C=O) groups is 1. The first-order valence-electron chi connectivity index (χ1n) is 8.02. The van der Waals surface area contributed by atoms with E-state index in [0.717, 1.165) is 34.0 Å². The molecule has 0 aliphatic carbocycles. The summed E-state index contributed by atoms with van der Waals surface area (Å²) in [5.74, 6) is 0.295. The van der Waals surface area contributed by atoms with Gasteiger partial charge in [0.1, 0.15) is 5.75 Å². The second-order valence-electron chi connectivity index (χ2n) is 5.65. The van der Waals surface area contributed by atoms with Gasteiger partial charge in [0.05, 0.1) is 17.5 Å². The molecule has 1 aromatic heterocycles. The Labute approximate surface area is 158 Å². The van der Waals surface area contributed by atoms with Crippen LogP contribution in [0.4, 0.5) is 5.69 Å². The van der Waals surface area contributed by atoms with Crippen molar-refractivity contribution in [2.45, 2.75) is 0 Å². The third kappa shape index (κ3) is 3.47. The Morgan fingerprint density at radius 1 is 1.15 bits per heavy atom. The first-order valence-corrected chi connectivity index (χ1v) is 8.84. The van der Waals surface area contributed by atoms with Crippen molar-refractivity contribution in [3.63, 3.8) is 0 Å². The maximum Gasteiger partial charge on any atom is 0.286 e. The molecule has 4 rings (SSSR count). The zero-order valence-corrected chi connectivity index (χ0v) is 15.0. The number of nitrogens with one attached hydrogen (secondary N) is 1. The van der Waals surface area contributed by atoms with Gasteiger partial charge in [-0.15, -0.1) is 10.2 Å². The summed E-state index contributed by atoms with van der Waals surface area (Å²) in [6, 6.07) is 14.7. The molecule has 27 heavy (non-hydrogen) atoms. The molecule has 2 heterocycles. The number of rotatable bonds is 3. The number of H-pyrrole nitrogens is 1. The highest BCUT2D eigenvalue weighted by Crippen LogP contribution is 2.36. The van der Waals surface area contributed by atoms with E-state index in [9.17, 15) is 9.90 Å². The SMILES string of the molecule is COc1ccc(/C=C2\SC(N=Nc3c(O)[nH]c4ccccc34)=NC2=O)cc1. The minimum Gasteiger partial charge on any atom is -0.497 e. The number of thioether (sulfide) groups is 1. The van der Waals surface area contributed by atoms with Gasteiger partial charge in [0.15, 0.2) is 5.69 Å². The molecule has 2 N–H and O–H groups in total. The zero-order chi connectivity index (χ0) is 18.8. The predicted octanol–water partition coefficient (Wildman–Crippen LogP) is 4.64. The van der Waals surface area contributed by atoms with Crippen LogP contribution in [0.25, 0.3) is 17.0 Å². The van der Waals surface area contributed by atoms with Crippen molar-refractivity contribution >= 4 is 45.5 Å². The number of hydrogen-bond donors (Lipinski definition) is 2. The zero-order valence-electron chi connectivity index (χ0n) is 14.2. The standard InChI is InChI=1S/C19H14N4O3S/c1-26-12-8-6-11(7-9-12)10-15-17(24)21-19(27-15)23-22-16-13-4-2-3-5-14(13)20-18(16)25/h2-10,20,25H,1H3/b15-10-,23-22?. The van der Waals surface area contributed by atoms with E-state index in [1.54, 1.807) is 13.2 Å². The van der Waals surface area contributed by atoms with Gasteiger partial charge in [-0.3, -0.25) is 4.79 Å². The Bertz CT molecular complexity index is 1110. The van der Waals surface area contributed by atoms with Crippen LogP contribution in [-0.4, -0.2) is 28.3 Å². The molecule has 1 aliphatic heterocycles. The van der Waals surface area contributed by atoms with Crippen molar-refractivity contribution in [3.8, 4) is 11.6 Å². The summed E-state index contributed by atoms with van der Waals surface area (Å²) in [5, 5.41) is 19.1. The van der Waals surface area contributed by atoms with Crippen molar-refractivity contribution in [3.05, 3.63) is 59.0 Å². The first kappa shape index (κ1) is 17.0. The number of aliphatic imine (C=N–C) groups is 1. The number of methoxy groups -OCH3 is 1. The largest absolute Gasteiger partial charge is 0.497 e. The van der Waals surface area contributed by atoms with Crippen LogP contribution in [0.3, 0.4) is 0 Å². The molecule has 2 aromatic carbocycles. The van der Waals surface area contributed by atoms with E-state index in [2.05, 4.69) is 20.2 Å². The summed E-state index contributed by atoms with van der Waals surface area (Å²) in [6.45, 7) is 0. The molecule has 0 spiro atoms. The van der Waals surface area contributed by atoms with Crippen LogP contribution < -0.4 is 4.74 Å². The minimum atomic E-state index is -0.368. The number of para-hydroxylation sites is 1. The number of benzene rings is 2. The monoisotopic (exact) mass is 378 g/mol. The number of ether oxygens (including phenoxy) is 1. The molecule has 1 aliphatic rings. The summed E-state index contributed by atoms with van der Waals surface area (Å²) < 4.78 is 5.12. The van der Waals surface area contributed by atoms with E-state index in [1.165, 1.54) is 0 Å². The van der Waals surface area contributed by atoms with Gasteiger partial charge < -0.3 is 14.8 Å². The molecule has 0 fully saturated rings. The van der Waals surface area contributed by atoms with Gasteiger partial charge in [-0.2, -0.15) is 4.99 Å². The number of aromatic amines is 1. The fraction of sp³-hybridized carbons (Fsp3) is 0.0526. The van der Waals surface area contributed by atoms with Crippen molar-refractivity contribution in [1.29, 1.82) is 0 Å². The lowest BCUT2D eigenvalue weighted by Crippen LogP contribution is -1.88. The molecule has 8 heteroatoms. The minimum absolute atomic E-state index is 0.0797. The van der Waals surface area contributed by atoms with Gasteiger partial charge >= 0.3 is 0 Å². The summed E-state index contributed by atoms with van der Waals surface area (Å²) in [4.78, 5) is 19.3. The van der Waals surface area contributed by atoms with Gasteiger partial charge in [-0.1, -0.05) is 30.3 Å². The Kier molecular flexibility index (Phi) is 4.47. The van der Waals surface area contributed by atoms with Crippen LogP contribution in [0.5, 0.6) is 11.6 Å². The predicted molar refractivity (Wildman–Crippen MR) is 105 cm³/mol. The van der Waals surface area contributed by atoms with Crippen LogP contribution in [0.15, 0.2) is 68.7 Å². The van der Waals surface area contributed by atoms with E-state index >= 15 is 0 Å². The highest BCUT2D eigenvalue weighted by Gasteiger charge is 2.22. The van der Waals surface area contributed by atoms with E-state index in [1.807, 2.05) is 48.5 Å². The third-order valence-electron chi connectivity index (χ3n) is 3.92. The molecule has 0 saturated heterocycles. The number of amides is 1. The van der Waals surface area contributed by atoms with E-state index in [4.69, 9.17) is 4.74 Å². The van der Waals surface area contributed by atoms with Crippen LogP contribution in [0.2, 0.25) is 0 Å². The van der Waals surface area contributed by atoms with E-state index in [-0.39, 0.29) is 17.0 Å². The Morgan fingerprint density at radius 2 is 1.93 bits per heavy atom. The average molecular weight is 378 g/mol. The highest BCUT2D eigenvalue weighted by molar-refractivity contribution is 8.18. The summed E-state index contributed by atoms with van der Waals surface area (Å²) in [6.07, 6.45) is 1.74. The molecule has 0 atom stereocenters. The van der Waals surface area contributed by atoms with Gasteiger partial charge in [0.25, 0.3) is 5.91 Å². The number of carbonyl (C=O) groups excluding carboxylic acids is 1. The molecule has 1 amide bonds. The van der Waals surface area contributed by atoms with Crippen LogP contribution in [0.1, 0.15) is 5.56 Å². The Hall–Kier alpha value is -3.39. The second-order valence-corrected chi connectivity index (χ2v) is 6.66. The smallest absolute Gasteiger partial charge is 0.286 e. The fourth-order valence-corrected chi connectivity index (χ4v) is 3.33. The second kappa shape index (κ2) is 7.08. The maximum atomic E-state index is 12.1. The molecule has 0 radical (unpaired) electrons. The molecular formula is C19H14N4O3S. The van der Waals surface area contributed by atoms with E-state index in [0.29, 0.717) is 10.6 Å². The number of aromatic hydroxyl groups is 1. The third-order valence-corrected chi connectivity index (χ3v) is 4.79. The number of aromatic nitrogens is 1. The molecule has 0 saturated carbocycles. The molecular weight excluding hydrogens is 364 g/mol. The topological polar surface area (TPSA) is 99.4 Å². The quantitative estimate of drug-likeness (QED) is 0.512. The number of fused-ring (bicyclic) bond motifs is 1. The van der Waals surface area contributed by atoms with Crippen molar-refractivity contribution < 1.29 is 14.6 Å². The number of azo groups is 1. The number of nitrogens with zero attached hydrogens (tertiary/aromatic N) is 3. The average Bonchev–Trinajstić information content (AvgIpc) is 3.19. The van der Waals surface area contributed by atoms with E-state index < -0.39 is 0 Å². The summed E-state index contributed by atoms with van der Waals surface area (Å²) in [5.41, 5.74) is 1.92. The normalized spacial score (nSPS) is 15.8. The first-order chi connectivity index (χ1) is 13.1. The lowest BCUT2D eigenvalue weighted by molar-refractivity contribution is -0.113. The summed E-state index contributed by atoms with van der Waals surface area (Å²) in [7, 11) is 1.60. The molecule has 134 valence electrons. The lowest BCUT2D eigenvalue weighted by Gasteiger charge is -1.99. The van der Waals surface area contributed by atoms with Gasteiger partial charge in [-0.25, -0.2) is 0 Å². The van der Waals surface area contributed by atoms with Crippen LogP contribution >= 0.6 is 11.8 Å². The van der Waals surface area contributed by atoms with Gasteiger partial charge in [0, 0.05) is 5.39 Å². The van der Waals surface area contributed by atoms with Gasteiger partial charge in [-0.05, 0) is 41.6 Å². The van der Waals surface area contributed by atoms with Crippen LogP contribution in [-0.2, 0) is 4.79 Å². The Balaban J connectivity index is 1.54. The molecule has 0 bridgehead atoms. The molecule has 3 aromatic rings. The lowest BCUT2D eigenvalue weighted by atomic mass is 10.2. The Morgan fingerprint density at radius 3 is 2.70 bits per heavy atom. The molecule has 7 nitrogen and oxygen atoms in total. The van der Waals surface area contributed by atoms with Crippen LogP contribution in [0, 0.1) is 0 Å². The molecule has 0 unspecified atom stereocenters. The number of amidine groups is 1.